The van der Waals surface area contributed by atoms with E-state index >= 15 is 0 Å². The summed E-state index contributed by atoms with van der Waals surface area (Å²) in [5.74, 6) is -2.00. The van der Waals surface area contributed by atoms with Crippen LogP contribution in [0.1, 0.15) is 20.3 Å². The van der Waals surface area contributed by atoms with E-state index in [0.717, 1.165) is 6.42 Å². The molecule has 0 aliphatic heterocycles. The van der Waals surface area contributed by atoms with Crippen molar-refractivity contribution in [3.63, 3.8) is 0 Å². The van der Waals surface area contributed by atoms with Gasteiger partial charge in [-0.3, -0.25) is 0 Å². The first-order valence-corrected chi connectivity index (χ1v) is 7.09. The Morgan fingerprint density at radius 2 is 1.90 bits per heavy atom. The number of ether oxygens (including phenoxy) is 1. The van der Waals surface area contributed by atoms with Crippen LogP contribution in [0.25, 0.3) is 0 Å². The summed E-state index contributed by atoms with van der Waals surface area (Å²) in [6.07, 6.45) is 0.770. The Morgan fingerprint density at radius 1 is 1.20 bits per heavy atom. The highest BCUT2D eigenvalue weighted by atomic mass is 32.2. The molecule has 0 amide bonds. The highest BCUT2D eigenvalue weighted by Gasteiger charge is 2.12. The van der Waals surface area contributed by atoms with Crippen LogP contribution in [-0.2, 0) is 4.74 Å². The average molecular weight is 307 g/mol. The first-order valence-electron chi connectivity index (χ1n) is 6.21. The van der Waals surface area contributed by atoms with Crippen molar-refractivity contribution in [1.29, 1.82) is 0 Å². The molecule has 0 saturated heterocycles. The van der Waals surface area contributed by atoms with E-state index in [1.54, 1.807) is 7.11 Å². The highest BCUT2D eigenvalue weighted by molar-refractivity contribution is 7.99. The summed E-state index contributed by atoms with van der Waals surface area (Å²) in [7, 11) is 1.62. The monoisotopic (exact) mass is 307 g/mol. The molecule has 0 fully saturated rings. The molecule has 0 atom stereocenters. The molecule has 0 aromatic carbocycles. The number of methoxy groups -OCH3 is 1. The maximum atomic E-state index is 12.4. The fraction of sp³-hybridized carbons (Fsp3) is 0.727. The molecule has 0 aliphatic rings. The van der Waals surface area contributed by atoms with E-state index in [0.29, 0.717) is 24.9 Å². The van der Waals surface area contributed by atoms with Crippen LogP contribution in [0.2, 0.25) is 0 Å². The maximum absolute atomic E-state index is 12.4. The molecule has 9 heteroatoms. The lowest BCUT2D eigenvalue weighted by Gasteiger charge is -2.11. The Hall–Kier alpha value is -1.22. The van der Waals surface area contributed by atoms with Gasteiger partial charge in [0.2, 0.25) is 11.9 Å². The molecule has 0 aliphatic carbocycles. The predicted molar refractivity (Wildman–Crippen MR) is 75.4 cm³/mol. The third kappa shape index (κ3) is 6.80. The standard InChI is InChI=1S/C11H19F2N5OS/c1-7(2)15-10-16-9(14-5-4-6-19-3)17-11(18-10)20-8(12)13/h7-8H,4-6H2,1-3H3,(H2,14,15,16,17,18). The number of hydrogen-bond donors (Lipinski definition) is 2. The van der Waals surface area contributed by atoms with Gasteiger partial charge in [0.05, 0.1) is 0 Å². The van der Waals surface area contributed by atoms with Gasteiger partial charge in [0.1, 0.15) is 0 Å². The lowest BCUT2D eigenvalue weighted by Crippen LogP contribution is -2.16. The minimum atomic E-state index is -2.56. The van der Waals surface area contributed by atoms with E-state index in [1.165, 1.54) is 0 Å². The topological polar surface area (TPSA) is 72.0 Å². The molecular formula is C11H19F2N5OS. The van der Waals surface area contributed by atoms with Crippen LogP contribution < -0.4 is 10.6 Å². The Balaban J connectivity index is 2.74. The van der Waals surface area contributed by atoms with Gasteiger partial charge in [-0.25, -0.2) is 0 Å². The fourth-order valence-electron chi connectivity index (χ4n) is 1.31. The summed E-state index contributed by atoms with van der Waals surface area (Å²) in [4.78, 5) is 12.0. The zero-order chi connectivity index (χ0) is 15.0. The molecule has 20 heavy (non-hydrogen) atoms. The van der Waals surface area contributed by atoms with Crippen molar-refractivity contribution in [3.05, 3.63) is 0 Å². The second kappa shape index (κ2) is 8.85. The van der Waals surface area contributed by atoms with Gasteiger partial charge in [0.25, 0.3) is 5.76 Å². The molecule has 1 aromatic rings. The molecular weight excluding hydrogens is 288 g/mol. The van der Waals surface area contributed by atoms with Crippen molar-refractivity contribution < 1.29 is 13.5 Å². The average Bonchev–Trinajstić information content (AvgIpc) is 2.32. The van der Waals surface area contributed by atoms with Gasteiger partial charge in [-0.1, -0.05) is 0 Å². The first-order chi connectivity index (χ1) is 9.51. The van der Waals surface area contributed by atoms with Gasteiger partial charge in [0, 0.05) is 26.3 Å². The number of halogens is 2. The second-order valence-corrected chi connectivity index (χ2v) is 5.17. The Kier molecular flexibility index (Phi) is 7.45. The van der Waals surface area contributed by atoms with Crippen LogP contribution in [0.3, 0.4) is 0 Å². The minimum absolute atomic E-state index is 0.00704. The summed E-state index contributed by atoms with van der Waals surface area (Å²) in [6.45, 7) is 5.02. The normalized spacial score (nSPS) is 11.2. The fourth-order valence-corrected chi connectivity index (χ4v) is 1.75. The SMILES string of the molecule is COCCCNc1nc(NC(C)C)nc(SC(F)F)n1. The minimum Gasteiger partial charge on any atom is -0.385 e. The number of aromatic nitrogens is 3. The van der Waals surface area contributed by atoms with Crippen LogP contribution in [0.4, 0.5) is 20.7 Å². The van der Waals surface area contributed by atoms with Crippen LogP contribution in [0.5, 0.6) is 0 Å². The van der Waals surface area contributed by atoms with Crippen LogP contribution in [-0.4, -0.2) is 47.0 Å². The second-order valence-electron chi connectivity index (χ2n) is 4.22. The third-order valence-corrected chi connectivity index (χ3v) is 2.61. The van der Waals surface area contributed by atoms with Gasteiger partial charge in [-0.05, 0) is 32.0 Å². The van der Waals surface area contributed by atoms with E-state index in [-0.39, 0.29) is 23.1 Å². The summed E-state index contributed by atoms with van der Waals surface area (Å²) < 4.78 is 29.7. The van der Waals surface area contributed by atoms with Crippen molar-refractivity contribution in [2.24, 2.45) is 0 Å². The largest absolute Gasteiger partial charge is 0.385 e. The molecule has 0 radical (unpaired) electrons. The van der Waals surface area contributed by atoms with E-state index in [1.807, 2.05) is 13.8 Å². The Labute approximate surface area is 121 Å². The van der Waals surface area contributed by atoms with Gasteiger partial charge in [0.15, 0.2) is 5.16 Å². The van der Waals surface area contributed by atoms with Gasteiger partial charge < -0.3 is 15.4 Å². The molecule has 1 heterocycles. The number of rotatable bonds is 9. The molecule has 6 nitrogen and oxygen atoms in total. The highest BCUT2D eigenvalue weighted by Crippen LogP contribution is 2.23. The van der Waals surface area contributed by atoms with Crippen molar-refractivity contribution in [3.8, 4) is 0 Å². The molecule has 0 saturated carbocycles. The molecule has 0 bridgehead atoms. The van der Waals surface area contributed by atoms with Crippen molar-refractivity contribution in [2.75, 3.05) is 30.9 Å². The van der Waals surface area contributed by atoms with E-state index < -0.39 is 5.76 Å². The van der Waals surface area contributed by atoms with Crippen LogP contribution in [0, 0.1) is 0 Å². The van der Waals surface area contributed by atoms with Crippen LogP contribution >= 0.6 is 11.8 Å². The van der Waals surface area contributed by atoms with Gasteiger partial charge >= 0.3 is 0 Å². The van der Waals surface area contributed by atoms with E-state index in [4.69, 9.17) is 4.74 Å². The third-order valence-electron chi connectivity index (χ3n) is 2.04. The molecule has 1 rings (SSSR count). The summed E-state index contributed by atoms with van der Waals surface area (Å²) in [5, 5.41) is 5.93. The zero-order valence-electron chi connectivity index (χ0n) is 11.7. The number of anilines is 2. The quantitative estimate of drug-likeness (QED) is 0.536. The molecule has 1 aromatic heterocycles. The number of hydrogen-bond acceptors (Lipinski definition) is 7. The van der Waals surface area contributed by atoms with Crippen LogP contribution in [0.15, 0.2) is 5.16 Å². The first kappa shape index (κ1) is 16.8. The summed E-state index contributed by atoms with van der Waals surface area (Å²) in [5.41, 5.74) is 0. The predicted octanol–water partition coefficient (Wildman–Crippen LogP) is 2.46. The number of thioether (sulfide) groups is 1. The number of nitrogens with one attached hydrogen (secondary N) is 2. The van der Waals surface area contributed by atoms with Crippen molar-refractivity contribution >= 4 is 23.7 Å². The lowest BCUT2D eigenvalue weighted by molar-refractivity contribution is 0.197. The zero-order valence-corrected chi connectivity index (χ0v) is 12.5. The van der Waals surface area contributed by atoms with Gasteiger partial charge in [-0.2, -0.15) is 23.7 Å². The Morgan fingerprint density at radius 3 is 2.50 bits per heavy atom. The lowest BCUT2D eigenvalue weighted by atomic mass is 10.4. The molecule has 114 valence electrons. The molecule has 0 spiro atoms. The van der Waals surface area contributed by atoms with Crippen molar-refractivity contribution in [1.82, 2.24) is 15.0 Å². The maximum Gasteiger partial charge on any atom is 0.291 e. The van der Waals surface area contributed by atoms with E-state index in [2.05, 4.69) is 25.6 Å². The number of nitrogens with zero attached hydrogens (tertiary/aromatic N) is 3. The van der Waals surface area contributed by atoms with Crippen molar-refractivity contribution in [2.45, 2.75) is 37.2 Å². The van der Waals surface area contributed by atoms with E-state index in [9.17, 15) is 8.78 Å². The molecule has 0 unspecified atom stereocenters. The summed E-state index contributed by atoms with van der Waals surface area (Å²) in [6, 6.07) is 0.100. The smallest absolute Gasteiger partial charge is 0.291 e. The summed E-state index contributed by atoms with van der Waals surface area (Å²) >= 11 is 0.297. The molecule has 2 N–H and O–H groups in total. The van der Waals surface area contributed by atoms with Gasteiger partial charge in [-0.15, -0.1) is 0 Å². The number of alkyl halides is 2. The Bertz CT molecular complexity index is 380.